The molecule has 3 aliphatic heterocycles. The van der Waals surface area contributed by atoms with Gasteiger partial charge in [-0.05, 0) is 63.1 Å². The van der Waals surface area contributed by atoms with Crippen molar-refractivity contribution in [2.24, 2.45) is 0 Å². The first-order valence-corrected chi connectivity index (χ1v) is 13.8. The fourth-order valence-corrected chi connectivity index (χ4v) is 7.04. The highest BCUT2D eigenvalue weighted by Crippen LogP contribution is 2.42. The van der Waals surface area contributed by atoms with Crippen molar-refractivity contribution in [2.75, 3.05) is 13.1 Å². The van der Waals surface area contributed by atoms with E-state index in [4.69, 9.17) is 4.98 Å². The van der Waals surface area contributed by atoms with E-state index in [-0.39, 0.29) is 23.9 Å². The number of imidazole rings is 1. The zero-order valence-electron chi connectivity index (χ0n) is 21.8. The van der Waals surface area contributed by atoms with Gasteiger partial charge < -0.3 is 14.8 Å². The van der Waals surface area contributed by atoms with Crippen LogP contribution in [0, 0.1) is 6.92 Å². The summed E-state index contributed by atoms with van der Waals surface area (Å²) < 4.78 is 2.48. The van der Waals surface area contributed by atoms with Gasteiger partial charge in [-0.3, -0.25) is 14.5 Å². The van der Waals surface area contributed by atoms with Gasteiger partial charge in [0.05, 0.1) is 17.1 Å². The molecular weight excluding hydrogens is 462 g/mol. The molecule has 3 aromatic rings. The van der Waals surface area contributed by atoms with Crippen LogP contribution >= 0.6 is 0 Å². The number of piperidine rings is 1. The van der Waals surface area contributed by atoms with Crippen molar-refractivity contribution in [3.63, 3.8) is 0 Å². The third-order valence-electron chi connectivity index (χ3n) is 8.92. The van der Waals surface area contributed by atoms with Gasteiger partial charge in [0.25, 0.3) is 0 Å². The summed E-state index contributed by atoms with van der Waals surface area (Å²) in [5, 5.41) is 3.30. The Kier molecular flexibility index (Phi) is 6.49. The number of nitrogens with one attached hydrogen (secondary N) is 1. The second-order valence-electron chi connectivity index (χ2n) is 11.0. The highest BCUT2D eigenvalue weighted by molar-refractivity contribution is 5.88. The Hall–Kier alpha value is -3.19. The molecule has 2 aromatic carbocycles. The summed E-state index contributed by atoms with van der Waals surface area (Å²) in [6.07, 6.45) is 6.39. The standard InChI is InChI=1S/C30H37N5O2/c1-20-31-27-10-6-7-11-28(27)35(20)25-18-23-12-13-24(19-25)34(23)16-14-26(22-8-4-3-5-9-22)32-30(37)29-15-17-33(29)21(2)36/h3-11,23-26,29H,12-19H2,1-2H3,(H,32,37)/t23-,24+,25?,26-,29+/m0/s1. The molecule has 2 bridgehead atoms. The maximum absolute atomic E-state index is 13.1. The van der Waals surface area contributed by atoms with Gasteiger partial charge in [-0.2, -0.15) is 0 Å². The highest BCUT2D eigenvalue weighted by Gasteiger charge is 2.42. The SMILES string of the molecule is CC(=O)N1CC[C@@H]1C(=O)N[C@@H](CCN1[C@@H]2CC[C@H]1CC(n1c(C)nc3ccccc31)C2)c1ccccc1. The van der Waals surface area contributed by atoms with E-state index >= 15 is 0 Å². The second-order valence-corrected chi connectivity index (χ2v) is 11.0. The number of fused-ring (bicyclic) bond motifs is 3. The van der Waals surface area contributed by atoms with E-state index in [1.54, 1.807) is 11.8 Å². The van der Waals surface area contributed by atoms with Crippen LogP contribution in [0.1, 0.15) is 68.9 Å². The summed E-state index contributed by atoms with van der Waals surface area (Å²) >= 11 is 0. The van der Waals surface area contributed by atoms with Crippen molar-refractivity contribution >= 4 is 22.8 Å². The van der Waals surface area contributed by atoms with Crippen LogP contribution in [0.25, 0.3) is 11.0 Å². The molecule has 2 amide bonds. The minimum Gasteiger partial charge on any atom is -0.347 e. The molecule has 1 N–H and O–H groups in total. The average molecular weight is 500 g/mol. The summed E-state index contributed by atoms with van der Waals surface area (Å²) in [4.78, 5) is 34.2. The van der Waals surface area contributed by atoms with E-state index in [0.29, 0.717) is 24.7 Å². The molecule has 194 valence electrons. The number of benzene rings is 2. The van der Waals surface area contributed by atoms with Gasteiger partial charge in [0.2, 0.25) is 11.8 Å². The first kappa shape index (κ1) is 24.2. The molecule has 7 nitrogen and oxygen atoms in total. The molecule has 37 heavy (non-hydrogen) atoms. The monoisotopic (exact) mass is 499 g/mol. The summed E-state index contributed by atoms with van der Waals surface area (Å²) in [6, 6.07) is 20.0. The first-order valence-electron chi connectivity index (χ1n) is 13.8. The van der Waals surface area contributed by atoms with Gasteiger partial charge in [-0.25, -0.2) is 4.98 Å². The van der Waals surface area contributed by atoms with Gasteiger partial charge in [0, 0.05) is 38.1 Å². The van der Waals surface area contributed by atoms with Crippen molar-refractivity contribution in [2.45, 2.75) is 82.6 Å². The van der Waals surface area contributed by atoms with Crippen LogP contribution in [0.4, 0.5) is 0 Å². The lowest BCUT2D eigenvalue weighted by Crippen LogP contribution is -2.58. The Labute approximate surface area is 218 Å². The highest BCUT2D eigenvalue weighted by atomic mass is 16.2. The Morgan fingerprint density at radius 3 is 2.35 bits per heavy atom. The molecule has 6 rings (SSSR count). The predicted octanol–water partition coefficient (Wildman–Crippen LogP) is 4.38. The number of hydrogen-bond acceptors (Lipinski definition) is 4. The fourth-order valence-electron chi connectivity index (χ4n) is 7.04. The number of para-hydroxylation sites is 2. The summed E-state index contributed by atoms with van der Waals surface area (Å²) in [5.74, 6) is 1.06. The number of likely N-dealkylation sites (tertiary alicyclic amines) is 1. The number of aryl methyl sites for hydroxylation is 1. The number of aromatic nitrogens is 2. The van der Waals surface area contributed by atoms with Gasteiger partial charge in [0.15, 0.2) is 0 Å². The van der Waals surface area contributed by atoms with Gasteiger partial charge in [-0.15, -0.1) is 0 Å². The van der Waals surface area contributed by atoms with Crippen LogP contribution < -0.4 is 5.32 Å². The fraction of sp³-hybridized carbons (Fsp3) is 0.500. The largest absolute Gasteiger partial charge is 0.347 e. The molecule has 0 aliphatic carbocycles. The van der Waals surface area contributed by atoms with Crippen molar-refractivity contribution in [3.05, 3.63) is 66.0 Å². The summed E-state index contributed by atoms with van der Waals surface area (Å²) in [7, 11) is 0. The molecule has 5 atom stereocenters. The molecule has 0 radical (unpaired) electrons. The quantitative estimate of drug-likeness (QED) is 0.524. The molecule has 1 unspecified atom stereocenters. The molecule has 4 heterocycles. The molecule has 0 saturated carbocycles. The number of carbonyl (C=O) groups is 2. The molecule has 7 heteroatoms. The zero-order valence-corrected chi connectivity index (χ0v) is 21.8. The van der Waals surface area contributed by atoms with Crippen molar-refractivity contribution < 1.29 is 9.59 Å². The predicted molar refractivity (Wildman–Crippen MR) is 144 cm³/mol. The minimum absolute atomic E-state index is 0.0250. The van der Waals surface area contributed by atoms with Crippen molar-refractivity contribution in [3.8, 4) is 0 Å². The average Bonchev–Trinajstić information content (AvgIpc) is 3.31. The van der Waals surface area contributed by atoms with E-state index in [1.807, 2.05) is 18.2 Å². The zero-order chi connectivity index (χ0) is 25.5. The van der Waals surface area contributed by atoms with Crippen LogP contribution in [-0.4, -0.2) is 62.4 Å². The smallest absolute Gasteiger partial charge is 0.243 e. The molecule has 3 aliphatic rings. The van der Waals surface area contributed by atoms with Gasteiger partial charge >= 0.3 is 0 Å². The Morgan fingerprint density at radius 1 is 0.973 bits per heavy atom. The van der Waals surface area contributed by atoms with Crippen LogP contribution in [-0.2, 0) is 9.59 Å². The van der Waals surface area contributed by atoms with Gasteiger partial charge in [0.1, 0.15) is 11.9 Å². The van der Waals surface area contributed by atoms with Crippen molar-refractivity contribution in [1.29, 1.82) is 0 Å². The van der Waals surface area contributed by atoms with E-state index in [2.05, 4.69) is 58.1 Å². The molecule has 0 spiro atoms. The van der Waals surface area contributed by atoms with Crippen LogP contribution in [0.3, 0.4) is 0 Å². The molecule has 1 aromatic heterocycles. The number of nitrogens with zero attached hydrogens (tertiary/aromatic N) is 4. The van der Waals surface area contributed by atoms with E-state index in [0.717, 1.165) is 49.1 Å². The van der Waals surface area contributed by atoms with Crippen LogP contribution in [0.2, 0.25) is 0 Å². The number of amides is 2. The number of rotatable bonds is 7. The minimum atomic E-state index is -0.330. The number of carbonyl (C=O) groups excluding carboxylic acids is 2. The lowest BCUT2D eigenvalue weighted by Gasteiger charge is -2.41. The summed E-state index contributed by atoms with van der Waals surface area (Å²) in [6.45, 7) is 5.32. The Balaban J connectivity index is 1.14. The third kappa shape index (κ3) is 4.54. The molecule has 3 fully saturated rings. The Morgan fingerprint density at radius 2 is 1.68 bits per heavy atom. The second kappa shape index (κ2) is 9.93. The number of hydrogen-bond donors (Lipinski definition) is 1. The first-order chi connectivity index (χ1) is 18.0. The molecular formula is C30H37N5O2. The molecule has 3 saturated heterocycles. The van der Waals surface area contributed by atoms with Crippen molar-refractivity contribution in [1.82, 2.24) is 24.7 Å². The van der Waals surface area contributed by atoms with E-state index < -0.39 is 0 Å². The third-order valence-corrected chi connectivity index (χ3v) is 8.92. The summed E-state index contributed by atoms with van der Waals surface area (Å²) in [5.41, 5.74) is 3.47. The van der Waals surface area contributed by atoms with Crippen LogP contribution in [0.5, 0.6) is 0 Å². The van der Waals surface area contributed by atoms with Gasteiger partial charge in [-0.1, -0.05) is 42.5 Å². The maximum Gasteiger partial charge on any atom is 0.243 e. The maximum atomic E-state index is 13.1. The van der Waals surface area contributed by atoms with E-state index in [9.17, 15) is 9.59 Å². The Bertz CT molecular complexity index is 1270. The van der Waals surface area contributed by atoms with Crippen LogP contribution in [0.15, 0.2) is 54.6 Å². The lowest BCUT2D eigenvalue weighted by atomic mass is 9.95. The topological polar surface area (TPSA) is 70.5 Å². The lowest BCUT2D eigenvalue weighted by molar-refractivity contribution is -0.146. The van der Waals surface area contributed by atoms with E-state index in [1.165, 1.54) is 18.4 Å². The normalized spacial score (nSPS) is 26.2.